The number of alkyl halides is 3. The molecule has 1 heterocycles. The molecular formula is C24H27ClF3N5O6. The van der Waals surface area contributed by atoms with Crippen LogP contribution in [-0.2, 0) is 15.2 Å². The SMILES string of the molecule is CC(O)(c1cc(Cl)cc([C@H](CC(=O)O)NC(=O)CNc2cc(O)cc(NC3=NCC(O)CN3)c2)c1)C(F)(F)F. The topological polar surface area (TPSA) is 176 Å². The van der Waals surface area contributed by atoms with E-state index in [1.54, 1.807) is 6.07 Å². The van der Waals surface area contributed by atoms with E-state index in [1.165, 1.54) is 18.2 Å². The van der Waals surface area contributed by atoms with Gasteiger partial charge in [-0.3, -0.25) is 14.6 Å². The van der Waals surface area contributed by atoms with Crippen LogP contribution >= 0.6 is 11.6 Å². The van der Waals surface area contributed by atoms with E-state index in [2.05, 4.69) is 26.3 Å². The highest BCUT2D eigenvalue weighted by Crippen LogP contribution is 2.40. The lowest BCUT2D eigenvalue weighted by atomic mass is 9.91. The molecule has 1 aliphatic rings. The van der Waals surface area contributed by atoms with Crippen LogP contribution in [0.5, 0.6) is 5.75 Å². The van der Waals surface area contributed by atoms with Gasteiger partial charge in [0.05, 0.1) is 31.7 Å². The summed E-state index contributed by atoms with van der Waals surface area (Å²) in [6.45, 7) is 0.627. The Hall–Kier alpha value is -3.75. The lowest BCUT2D eigenvalue weighted by Gasteiger charge is -2.28. The van der Waals surface area contributed by atoms with Crippen LogP contribution in [0.1, 0.15) is 30.5 Å². The van der Waals surface area contributed by atoms with Crippen LogP contribution in [0.3, 0.4) is 0 Å². The number of anilines is 2. The number of aliphatic imine (C=N–C) groups is 1. The largest absolute Gasteiger partial charge is 0.508 e. The number of benzene rings is 2. The third kappa shape index (κ3) is 8.12. The van der Waals surface area contributed by atoms with Crippen molar-refractivity contribution in [3.8, 4) is 5.75 Å². The van der Waals surface area contributed by atoms with Crippen molar-refractivity contribution < 1.29 is 43.2 Å². The zero-order chi connectivity index (χ0) is 29.0. The first-order chi connectivity index (χ1) is 18.1. The third-order valence-corrected chi connectivity index (χ3v) is 5.97. The molecule has 8 N–H and O–H groups in total. The lowest BCUT2D eigenvalue weighted by Crippen LogP contribution is -2.42. The van der Waals surface area contributed by atoms with Gasteiger partial charge in [-0.15, -0.1) is 0 Å². The number of β-amino-alcohol motifs (C(OH)–C–C–N with tert-alkyl or cyclic N) is 1. The molecule has 0 aliphatic carbocycles. The number of amides is 1. The molecule has 0 fully saturated rings. The van der Waals surface area contributed by atoms with E-state index >= 15 is 0 Å². The van der Waals surface area contributed by atoms with Crippen molar-refractivity contribution in [2.24, 2.45) is 4.99 Å². The number of hydrogen-bond donors (Lipinski definition) is 8. The van der Waals surface area contributed by atoms with Crippen LogP contribution in [0.4, 0.5) is 24.5 Å². The van der Waals surface area contributed by atoms with E-state index in [-0.39, 0.29) is 29.4 Å². The molecular weight excluding hydrogens is 547 g/mol. The second kappa shape index (κ2) is 12.0. The van der Waals surface area contributed by atoms with Crippen molar-refractivity contribution in [1.29, 1.82) is 0 Å². The van der Waals surface area contributed by atoms with E-state index in [0.29, 0.717) is 24.3 Å². The molecule has 212 valence electrons. The van der Waals surface area contributed by atoms with Crippen LogP contribution in [0, 0.1) is 0 Å². The normalized spacial score (nSPS) is 17.7. The molecule has 0 radical (unpaired) electrons. The first kappa shape index (κ1) is 29.8. The minimum atomic E-state index is -5.04. The van der Waals surface area contributed by atoms with Gasteiger partial charge in [-0.05, 0) is 36.2 Å². The Labute approximate surface area is 225 Å². The quantitative estimate of drug-likeness (QED) is 0.224. The number of carbonyl (C=O) groups excluding carboxylic acids is 1. The van der Waals surface area contributed by atoms with Crippen LogP contribution in [-0.4, -0.2) is 70.2 Å². The van der Waals surface area contributed by atoms with Crippen molar-refractivity contribution in [1.82, 2.24) is 10.6 Å². The summed E-state index contributed by atoms with van der Waals surface area (Å²) in [5, 5.41) is 49.7. The van der Waals surface area contributed by atoms with Gasteiger partial charge in [0, 0.05) is 35.1 Å². The van der Waals surface area contributed by atoms with Crippen LogP contribution < -0.4 is 21.3 Å². The van der Waals surface area contributed by atoms with Gasteiger partial charge in [0.25, 0.3) is 0 Å². The molecule has 0 saturated heterocycles. The molecule has 0 spiro atoms. The van der Waals surface area contributed by atoms with Gasteiger partial charge in [-0.1, -0.05) is 17.7 Å². The van der Waals surface area contributed by atoms with E-state index in [0.717, 1.165) is 12.1 Å². The van der Waals surface area contributed by atoms with E-state index in [4.69, 9.17) is 11.6 Å². The first-order valence-corrected chi connectivity index (χ1v) is 11.9. The van der Waals surface area contributed by atoms with Gasteiger partial charge in [0.15, 0.2) is 11.6 Å². The van der Waals surface area contributed by atoms with Crippen LogP contribution in [0.15, 0.2) is 41.4 Å². The highest BCUT2D eigenvalue weighted by molar-refractivity contribution is 6.30. The molecule has 2 unspecified atom stereocenters. The zero-order valence-corrected chi connectivity index (χ0v) is 21.3. The summed E-state index contributed by atoms with van der Waals surface area (Å²) < 4.78 is 40.1. The Bertz CT molecular complexity index is 1260. The van der Waals surface area contributed by atoms with Gasteiger partial charge >= 0.3 is 12.1 Å². The zero-order valence-electron chi connectivity index (χ0n) is 20.5. The number of nitrogens with one attached hydrogen (secondary N) is 4. The second-order valence-corrected chi connectivity index (χ2v) is 9.47. The average molecular weight is 574 g/mol. The molecule has 2 aromatic carbocycles. The standard InChI is InChI=1S/C24H27ClF3N5O6/c1-23(39,24(26,27)28)13-2-12(3-14(25)4-13)19(8-21(37)38)33-20(36)11-29-15-5-16(7-17(34)6-15)32-22-30-9-18(35)10-31-22/h2-7,18-19,29,34-35,39H,8-11H2,1H3,(H,33,36)(H,37,38)(H2,30,31,32)/t19-,23?/m0/s1. The molecule has 0 bridgehead atoms. The van der Waals surface area contributed by atoms with Crippen molar-refractivity contribution in [2.45, 2.75) is 37.3 Å². The minimum absolute atomic E-state index is 0.0486. The summed E-state index contributed by atoms with van der Waals surface area (Å²) in [6, 6.07) is 6.06. The van der Waals surface area contributed by atoms with Gasteiger partial charge in [-0.2, -0.15) is 13.2 Å². The number of rotatable bonds is 9. The maximum atomic E-state index is 13.4. The number of nitrogens with zero attached hydrogens (tertiary/aromatic N) is 1. The Morgan fingerprint density at radius 1 is 1.18 bits per heavy atom. The summed E-state index contributed by atoms with van der Waals surface area (Å²) in [4.78, 5) is 28.2. The number of hydrogen-bond acceptors (Lipinski definition) is 9. The summed E-state index contributed by atoms with van der Waals surface area (Å²) in [5.41, 5.74) is -3.22. The van der Waals surface area contributed by atoms with Crippen molar-refractivity contribution >= 4 is 40.8 Å². The molecule has 1 amide bonds. The molecule has 3 rings (SSSR count). The number of phenolic OH excluding ortho intramolecular Hbond substituents is 1. The molecule has 3 atom stereocenters. The molecule has 15 heteroatoms. The van der Waals surface area contributed by atoms with Crippen LogP contribution in [0.25, 0.3) is 0 Å². The predicted molar refractivity (Wildman–Crippen MR) is 137 cm³/mol. The number of aliphatic carboxylic acids is 1. The predicted octanol–water partition coefficient (Wildman–Crippen LogP) is 2.29. The number of carbonyl (C=O) groups is 2. The molecule has 1 aliphatic heterocycles. The molecule has 2 aromatic rings. The average Bonchev–Trinajstić information content (AvgIpc) is 2.82. The second-order valence-electron chi connectivity index (χ2n) is 9.03. The van der Waals surface area contributed by atoms with E-state index in [9.17, 15) is 43.2 Å². The van der Waals surface area contributed by atoms with E-state index in [1.807, 2.05) is 0 Å². The van der Waals surface area contributed by atoms with Crippen molar-refractivity contribution in [3.05, 3.63) is 52.5 Å². The van der Waals surface area contributed by atoms with Gasteiger partial charge in [-0.25, -0.2) is 0 Å². The Kier molecular flexibility index (Phi) is 9.14. The number of aromatic hydroxyl groups is 1. The fourth-order valence-electron chi connectivity index (χ4n) is 3.65. The maximum absolute atomic E-state index is 13.4. The Balaban J connectivity index is 1.73. The number of aliphatic hydroxyl groups is 2. The highest BCUT2D eigenvalue weighted by Gasteiger charge is 2.51. The number of phenols is 1. The maximum Gasteiger partial charge on any atom is 0.421 e. The number of carboxylic acids is 1. The smallest absolute Gasteiger partial charge is 0.421 e. The Morgan fingerprint density at radius 2 is 1.87 bits per heavy atom. The van der Waals surface area contributed by atoms with Gasteiger partial charge < -0.3 is 41.7 Å². The summed E-state index contributed by atoms with van der Waals surface area (Å²) in [7, 11) is 0. The molecule has 0 aromatic heterocycles. The first-order valence-electron chi connectivity index (χ1n) is 11.6. The number of guanidine groups is 1. The summed E-state index contributed by atoms with van der Waals surface area (Å²) >= 11 is 5.97. The monoisotopic (exact) mass is 573 g/mol. The lowest BCUT2D eigenvalue weighted by molar-refractivity contribution is -0.258. The number of halogens is 4. The fraction of sp³-hybridized carbons (Fsp3) is 0.375. The van der Waals surface area contributed by atoms with E-state index < -0.39 is 54.3 Å². The number of carboxylic acid groups (broad SMARTS) is 1. The van der Waals surface area contributed by atoms with Gasteiger partial charge in [0.1, 0.15) is 5.75 Å². The Morgan fingerprint density at radius 3 is 2.49 bits per heavy atom. The third-order valence-electron chi connectivity index (χ3n) is 5.75. The van der Waals surface area contributed by atoms with Crippen LogP contribution in [0.2, 0.25) is 5.02 Å². The fourth-order valence-corrected chi connectivity index (χ4v) is 3.89. The highest BCUT2D eigenvalue weighted by atomic mass is 35.5. The summed E-state index contributed by atoms with van der Waals surface area (Å²) in [6.07, 6.45) is -6.33. The molecule has 39 heavy (non-hydrogen) atoms. The molecule has 0 saturated carbocycles. The molecule has 11 nitrogen and oxygen atoms in total. The van der Waals surface area contributed by atoms with Crippen molar-refractivity contribution in [2.75, 3.05) is 30.3 Å². The minimum Gasteiger partial charge on any atom is -0.508 e. The van der Waals surface area contributed by atoms with Crippen molar-refractivity contribution in [3.63, 3.8) is 0 Å². The summed E-state index contributed by atoms with van der Waals surface area (Å²) in [5.74, 6) is -1.83. The number of aliphatic hydroxyl groups excluding tert-OH is 1. The van der Waals surface area contributed by atoms with Gasteiger partial charge in [0.2, 0.25) is 5.91 Å².